The highest BCUT2D eigenvalue weighted by Crippen LogP contribution is 2.28. The number of para-hydroxylation sites is 1. The summed E-state index contributed by atoms with van der Waals surface area (Å²) in [6.45, 7) is 0.388. The molecule has 1 aliphatic rings. The molecule has 112 valence electrons. The summed E-state index contributed by atoms with van der Waals surface area (Å²) < 4.78 is 0. The maximum atomic E-state index is 12.2. The van der Waals surface area contributed by atoms with Gasteiger partial charge in [0.25, 0.3) is 5.91 Å². The largest absolute Gasteiger partial charge is 0.347 e. The third-order valence-corrected chi connectivity index (χ3v) is 3.68. The maximum Gasteiger partial charge on any atom is 0.300 e. The number of nitro benzene ring substituents is 1. The van der Waals surface area contributed by atoms with Crippen LogP contribution in [0.25, 0.3) is 0 Å². The van der Waals surface area contributed by atoms with Gasteiger partial charge in [-0.3, -0.25) is 19.7 Å². The Morgan fingerprint density at radius 2 is 2.24 bits per heavy atom. The topological polar surface area (TPSA) is 92.6 Å². The van der Waals surface area contributed by atoms with E-state index in [0.29, 0.717) is 19.4 Å². The Hall–Kier alpha value is -2.15. The van der Waals surface area contributed by atoms with E-state index in [1.54, 1.807) is 7.05 Å². The van der Waals surface area contributed by atoms with Gasteiger partial charge in [-0.25, -0.2) is 0 Å². The van der Waals surface area contributed by atoms with E-state index in [9.17, 15) is 19.7 Å². The monoisotopic (exact) mass is 311 g/mol. The van der Waals surface area contributed by atoms with Gasteiger partial charge in [0, 0.05) is 26.1 Å². The Morgan fingerprint density at radius 3 is 2.86 bits per heavy atom. The second-order valence-electron chi connectivity index (χ2n) is 4.88. The fourth-order valence-corrected chi connectivity index (χ4v) is 2.52. The first kappa shape index (κ1) is 15.2. The van der Waals surface area contributed by atoms with Gasteiger partial charge in [0.05, 0.1) is 4.92 Å². The summed E-state index contributed by atoms with van der Waals surface area (Å²) >= 11 is 5.78. The summed E-state index contributed by atoms with van der Waals surface area (Å²) in [5.41, 5.74) is -0.482. The molecule has 1 heterocycles. The molecule has 7 nitrogen and oxygen atoms in total. The average molecular weight is 312 g/mol. The minimum absolute atomic E-state index is 0.0224. The number of likely N-dealkylation sites (tertiary alicyclic amines) is 1. The van der Waals surface area contributed by atoms with Crippen LogP contribution in [0.4, 0.5) is 5.69 Å². The zero-order valence-corrected chi connectivity index (χ0v) is 12.1. The molecule has 0 bridgehead atoms. The Kier molecular flexibility index (Phi) is 4.42. The lowest BCUT2D eigenvalue weighted by Crippen LogP contribution is -2.48. The minimum atomic E-state index is -0.673. The van der Waals surface area contributed by atoms with Gasteiger partial charge in [-0.05, 0) is 18.6 Å². The van der Waals surface area contributed by atoms with Crippen molar-refractivity contribution in [2.75, 3.05) is 13.6 Å². The molecule has 0 aliphatic carbocycles. The molecule has 2 amide bonds. The summed E-state index contributed by atoms with van der Waals surface area (Å²) in [6.07, 6.45) is 0.863. The van der Waals surface area contributed by atoms with Gasteiger partial charge in [-0.1, -0.05) is 17.7 Å². The summed E-state index contributed by atoms with van der Waals surface area (Å²) in [5, 5.41) is 13.7. The number of nitro groups is 1. The van der Waals surface area contributed by atoms with Crippen LogP contribution in [0.15, 0.2) is 18.2 Å². The van der Waals surface area contributed by atoms with Gasteiger partial charge in [-0.15, -0.1) is 0 Å². The molecule has 1 N–H and O–H groups in total. The average Bonchev–Trinajstić information content (AvgIpc) is 2.42. The number of hydrogen-bond acceptors (Lipinski definition) is 4. The number of amides is 2. The van der Waals surface area contributed by atoms with E-state index in [2.05, 4.69) is 5.32 Å². The maximum absolute atomic E-state index is 12.2. The number of piperidine rings is 1. The number of benzene rings is 1. The summed E-state index contributed by atoms with van der Waals surface area (Å²) in [4.78, 5) is 35.5. The summed E-state index contributed by atoms with van der Waals surface area (Å²) in [6, 6.07) is 3.99. The molecule has 1 aliphatic heterocycles. The van der Waals surface area contributed by atoms with E-state index >= 15 is 0 Å². The Bertz CT molecular complexity index is 605. The second-order valence-corrected chi connectivity index (χ2v) is 5.28. The van der Waals surface area contributed by atoms with Crippen molar-refractivity contribution in [3.63, 3.8) is 0 Å². The second kappa shape index (κ2) is 6.09. The Balaban J connectivity index is 2.16. The molecule has 1 unspecified atom stereocenters. The minimum Gasteiger partial charge on any atom is -0.347 e. The van der Waals surface area contributed by atoms with Gasteiger partial charge in [0.1, 0.15) is 10.6 Å². The molecule has 0 spiro atoms. The molecule has 0 radical (unpaired) electrons. The number of carbonyl (C=O) groups excluding carboxylic acids is 2. The van der Waals surface area contributed by atoms with Crippen LogP contribution in [0.2, 0.25) is 5.02 Å². The highest BCUT2D eigenvalue weighted by atomic mass is 35.5. The number of likely N-dealkylation sites (N-methyl/N-ethyl adjacent to an activating group) is 1. The smallest absolute Gasteiger partial charge is 0.300 e. The molecule has 1 aromatic rings. The standard InChI is InChI=1S/C13H14ClN3O4/c1-16-7-8(5-6-11(16)18)15-13(19)9-3-2-4-10(14)12(9)17(20)21/h2-4,8H,5-7H2,1H3,(H,15,19). The highest BCUT2D eigenvalue weighted by Gasteiger charge is 2.28. The zero-order valence-electron chi connectivity index (χ0n) is 11.3. The zero-order chi connectivity index (χ0) is 15.6. The Labute approximate surface area is 126 Å². The van der Waals surface area contributed by atoms with Crippen molar-refractivity contribution in [2.24, 2.45) is 0 Å². The Morgan fingerprint density at radius 1 is 1.52 bits per heavy atom. The molecular formula is C13H14ClN3O4. The van der Waals surface area contributed by atoms with Crippen LogP contribution in [0.3, 0.4) is 0 Å². The highest BCUT2D eigenvalue weighted by molar-refractivity contribution is 6.33. The predicted octanol–water partition coefficient (Wildman–Crippen LogP) is 1.60. The van der Waals surface area contributed by atoms with Crippen LogP contribution in [0.1, 0.15) is 23.2 Å². The third-order valence-electron chi connectivity index (χ3n) is 3.38. The lowest BCUT2D eigenvalue weighted by molar-refractivity contribution is -0.385. The van der Waals surface area contributed by atoms with Gasteiger partial charge in [-0.2, -0.15) is 0 Å². The molecule has 8 heteroatoms. The molecule has 1 saturated heterocycles. The number of hydrogen-bond donors (Lipinski definition) is 1. The molecular weight excluding hydrogens is 298 g/mol. The van der Waals surface area contributed by atoms with Gasteiger partial charge in [0.2, 0.25) is 5.91 Å². The summed E-state index contributed by atoms with van der Waals surface area (Å²) in [5.74, 6) is -0.536. The van der Waals surface area contributed by atoms with Crippen molar-refractivity contribution >= 4 is 29.1 Å². The van der Waals surface area contributed by atoms with Crippen molar-refractivity contribution in [3.8, 4) is 0 Å². The first-order chi connectivity index (χ1) is 9.90. The van der Waals surface area contributed by atoms with Crippen molar-refractivity contribution in [1.29, 1.82) is 0 Å². The van der Waals surface area contributed by atoms with Crippen LogP contribution < -0.4 is 5.32 Å². The normalized spacial score (nSPS) is 18.5. The predicted molar refractivity (Wildman–Crippen MR) is 76.2 cm³/mol. The van der Waals surface area contributed by atoms with Gasteiger partial charge in [0.15, 0.2) is 0 Å². The van der Waals surface area contributed by atoms with Gasteiger partial charge < -0.3 is 10.2 Å². The first-order valence-electron chi connectivity index (χ1n) is 6.38. The van der Waals surface area contributed by atoms with Crippen molar-refractivity contribution in [3.05, 3.63) is 38.9 Å². The molecule has 0 saturated carbocycles. The number of nitrogens with one attached hydrogen (secondary N) is 1. The number of rotatable bonds is 3. The van der Waals surface area contributed by atoms with Crippen molar-refractivity contribution in [1.82, 2.24) is 10.2 Å². The first-order valence-corrected chi connectivity index (χ1v) is 6.75. The molecule has 21 heavy (non-hydrogen) atoms. The molecule has 1 fully saturated rings. The van der Waals surface area contributed by atoms with E-state index in [1.165, 1.54) is 23.1 Å². The van der Waals surface area contributed by atoms with Crippen LogP contribution in [0.5, 0.6) is 0 Å². The lowest BCUT2D eigenvalue weighted by atomic mass is 10.0. The van der Waals surface area contributed by atoms with E-state index in [-0.39, 0.29) is 22.5 Å². The summed E-state index contributed by atoms with van der Waals surface area (Å²) in [7, 11) is 1.66. The van der Waals surface area contributed by atoms with E-state index in [0.717, 1.165) is 0 Å². The SMILES string of the molecule is CN1CC(NC(=O)c2cccc(Cl)c2[N+](=O)[O-])CCC1=O. The van der Waals surface area contributed by atoms with E-state index in [1.807, 2.05) is 0 Å². The number of nitrogens with zero attached hydrogens (tertiary/aromatic N) is 2. The molecule has 0 aromatic heterocycles. The van der Waals surface area contributed by atoms with Gasteiger partial charge >= 0.3 is 5.69 Å². The number of halogens is 1. The molecule has 2 rings (SSSR count). The lowest BCUT2D eigenvalue weighted by Gasteiger charge is -2.30. The quantitative estimate of drug-likeness (QED) is 0.678. The molecule has 1 aromatic carbocycles. The molecule has 1 atom stereocenters. The van der Waals surface area contributed by atoms with Crippen LogP contribution in [-0.2, 0) is 4.79 Å². The number of carbonyl (C=O) groups is 2. The van der Waals surface area contributed by atoms with Crippen LogP contribution in [0, 0.1) is 10.1 Å². The van der Waals surface area contributed by atoms with Crippen LogP contribution in [-0.4, -0.2) is 41.3 Å². The van der Waals surface area contributed by atoms with E-state index < -0.39 is 16.5 Å². The third kappa shape index (κ3) is 3.30. The van der Waals surface area contributed by atoms with Crippen molar-refractivity contribution in [2.45, 2.75) is 18.9 Å². The fraction of sp³-hybridized carbons (Fsp3) is 0.385. The van der Waals surface area contributed by atoms with Crippen LogP contribution >= 0.6 is 11.6 Å². The van der Waals surface area contributed by atoms with Crippen molar-refractivity contribution < 1.29 is 14.5 Å². The fourth-order valence-electron chi connectivity index (χ4n) is 2.28. The van der Waals surface area contributed by atoms with E-state index in [4.69, 9.17) is 11.6 Å².